The molecule has 0 aliphatic carbocycles. The maximum Gasteiger partial charge on any atom is 0.327 e. The van der Waals surface area contributed by atoms with Crippen molar-refractivity contribution in [2.24, 2.45) is 0 Å². The van der Waals surface area contributed by atoms with Crippen molar-refractivity contribution in [2.75, 3.05) is 19.6 Å². The third kappa shape index (κ3) is 3.66. The van der Waals surface area contributed by atoms with Gasteiger partial charge in [0, 0.05) is 32.9 Å². The van der Waals surface area contributed by atoms with Gasteiger partial charge in [-0.2, -0.15) is 0 Å². The third-order valence-corrected chi connectivity index (χ3v) is 2.02. The summed E-state index contributed by atoms with van der Waals surface area (Å²) in [4.78, 5) is 34.2. The fraction of sp³-hybridized carbons (Fsp3) is 0.667. The Labute approximate surface area is 82.0 Å². The average Bonchev–Trinajstić information content (AvgIpc) is 2.07. The molecule has 1 aliphatic heterocycles. The lowest BCUT2D eigenvalue weighted by molar-refractivity contribution is -0.159. The summed E-state index contributed by atoms with van der Waals surface area (Å²) in [7, 11) is 0. The molecular weight excluding hydrogens is 186 g/mol. The largest absolute Gasteiger partial charge is 0.392 e. The Kier molecular flexibility index (Phi) is 3.76. The molecule has 0 saturated carbocycles. The van der Waals surface area contributed by atoms with E-state index in [2.05, 4.69) is 4.74 Å². The van der Waals surface area contributed by atoms with Gasteiger partial charge in [0.25, 0.3) is 0 Å². The first-order valence-corrected chi connectivity index (χ1v) is 4.53. The van der Waals surface area contributed by atoms with Crippen LogP contribution in [0, 0.1) is 0 Å². The molecular formula is C9H13NO4. The van der Waals surface area contributed by atoms with Gasteiger partial charge in [0.2, 0.25) is 0 Å². The topological polar surface area (TPSA) is 63.7 Å². The lowest BCUT2D eigenvalue weighted by Gasteiger charge is -2.24. The summed E-state index contributed by atoms with van der Waals surface area (Å²) in [6.07, 6.45) is 0.959. The summed E-state index contributed by atoms with van der Waals surface area (Å²) in [5, 5.41) is 0. The van der Waals surface area contributed by atoms with Crippen molar-refractivity contribution in [2.45, 2.75) is 19.8 Å². The van der Waals surface area contributed by atoms with Crippen LogP contribution in [0.4, 0.5) is 0 Å². The number of hydrogen-bond donors (Lipinski definition) is 0. The fourth-order valence-electron chi connectivity index (χ4n) is 1.34. The van der Waals surface area contributed by atoms with Gasteiger partial charge in [0.05, 0.1) is 6.54 Å². The van der Waals surface area contributed by atoms with Crippen LogP contribution in [0.25, 0.3) is 0 Å². The van der Waals surface area contributed by atoms with Crippen molar-refractivity contribution in [3.63, 3.8) is 0 Å². The minimum Gasteiger partial charge on any atom is -0.392 e. The Balaban J connectivity index is 2.27. The molecule has 0 aromatic carbocycles. The number of Topliss-reactive ketones (excluding diaryl/α,β-unsaturated/α-hetero) is 1. The molecule has 14 heavy (non-hydrogen) atoms. The lowest BCUT2D eigenvalue weighted by Crippen LogP contribution is -2.38. The average molecular weight is 199 g/mol. The molecule has 0 atom stereocenters. The molecule has 1 fully saturated rings. The van der Waals surface area contributed by atoms with E-state index in [0.29, 0.717) is 25.9 Å². The molecule has 1 aliphatic rings. The molecule has 0 N–H and O–H groups in total. The van der Waals surface area contributed by atoms with Gasteiger partial charge in [-0.1, -0.05) is 0 Å². The van der Waals surface area contributed by atoms with Gasteiger partial charge in [-0.05, 0) is 0 Å². The van der Waals surface area contributed by atoms with Crippen LogP contribution < -0.4 is 0 Å². The molecule has 78 valence electrons. The van der Waals surface area contributed by atoms with E-state index in [9.17, 15) is 14.4 Å². The van der Waals surface area contributed by atoms with Crippen LogP contribution in [0.2, 0.25) is 0 Å². The van der Waals surface area contributed by atoms with Gasteiger partial charge >= 0.3 is 11.9 Å². The van der Waals surface area contributed by atoms with E-state index in [1.165, 1.54) is 6.92 Å². The second-order valence-corrected chi connectivity index (χ2v) is 3.28. The predicted molar refractivity (Wildman–Crippen MR) is 47.5 cm³/mol. The number of likely N-dealkylation sites (tertiary alicyclic amines) is 1. The van der Waals surface area contributed by atoms with Crippen molar-refractivity contribution in [3.8, 4) is 0 Å². The minimum absolute atomic E-state index is 0.0901. The number of hydrogen-bond acceptors (Lipinski definition) is 5. The normalized spacial score (nSPS) is 17.9. The number of piperidine rings is 1. The maximum absolute atomic E-state index is 11.0. The first-order valence-electron chi connectivity index (χ1n) is 4.53. The molecule has 0 radical (unpaired) electrons. The Bertz CT molecular complexity index is 252. The smallest absolute Gasteiger partial charge is 0.327 e. The van der Waals surface area contributed by atoms with E-state index < -0.39 is 11.9 Å². The van der Waals surface area contributed by atoms with Crippen molar-refractivity contribution >= 4 is 17.7 Å². The van der Waals surface area contributed by atoms with E-state index in [0.717, 1.165) is 0 Å². The second-order valence-electron chi connectivity index (χ2n) is 3.28. The van der Waals surface area contributed by atoms with Gasteiger partial charge in [0.1, 0.15) is 5.78 Å². The van der Waals surface area contributed by atoms with Crippen LogP contribution in [0.15, 0.2) is 0 Å². The molecule has 0 amide bonds. The molecule has 5 heteroatoms. The van der Waals surface area contributed by atoms with Gasteiger partial charge in [-0.3, -0.25) is 19.3 Å². The molecule has 0 aromatic heterocycles. The second kappa shape index (κ2) is 4.85. The molecule has 1 rings (SSSR count). The van der Waals surface area contributed by atoms with Crippen molar-refractivity contribution in [3.05, 3.63) is 0 Å². The zero-order chi connectivity index (χ0) is 10.6. The summed E-state index contributed by atoms with van der Waals surface area (Å²) in [6, 6.07) is 0. The summed E-state index contributed by atoms with van der Waals surface area (Å²) in [5.74, 6) is -0.920. The lowest BCUT2D eigenvalue weighted by atomic mass is 10.1. The van der Waals surface area contributed by atoms with Crippen LogP contribution in [-0.2, 0) is 19.1 Å². The Hall–Kier alpha value is -1.23. The van der Waals surface area contributed by atoms with Gasteiger partial charge < -0.3 is 4.74 Å². The van der Waals surface area contributed by atoms with E-state index in [1.807, 2.05) is 4.90 Å². The molecule has 0 aromatic rings. The van der Waals surface area contributed by atoms with Crippen LogP contribution in [-0.4, -0.2) is 42.3 Å². The number of carbonyl (C=O) groups excluding carboxylic acids is 3. The molecule has 1 saturated heterocycles. The Morgan fingerprint density at radius 2 is 1.93 bits per heavy atom. The van der Waals surface area contributed by atoms with Crippen LogP contribution in [0.5, 0.6) is 0 Å². The number of rotatable bonds is 2. The van der Waals surface area contributed by atoms with Gasteiger partial charge in [-0.25, -0.2) is 0 Å². The van der Waals surface area contributed by atoms with Crippen LogP contribution in [0.1, 0.15) is 19.8 Å². The number of carbonyl (C=O) groups is 3. The predicted octanol–water partition coefficient (Wildman–Crippen LogP) is -0.259. The number of ketones is 1. The van der Waals surface area contributed by atoms with Crippen molar-refractivity contribution in [1.82, 2.24) is 4.90 Å². The summed E-state index contributed by atoms with van der Waals surface area (Å²) < 4.78 is 4.38. The van der Waals surface area contributed by atoms with Crippen LogP contribution in [0.3, 0.4) is 0 Å². The Morgan fingerprint density at radius 3 is 2.43 bits per heavy atom. The number of esters is 2. The molecule has 5 nitrogen and oxygen atoms in total. The van der Waals surface area contributed by atoms with Crippen LogP contribution >= 0.6 is 0 Å². The summed E-state index contributed by atoms with van der Waals surface area (Å²) in [6.45, 7) is 2.43. The Morgan fingerprint density at radius 1 is 1.36 bits per heavy atom. The zero-order valence-corrected chi connectivity index (χ0v) is 8.12. The van der Waals surface area contributed by atoms with Crippen molar-refractivity contribution < 1.29 is 19.1 Å². The molecule has 0 unspecified atom stereocenters. The zero-order valence-electron chi connectivity index (χ0n) is 8.12. The first kappa shape index (κ1) is 10.8. The number of nitrogens with zero attached hydrogens (tertiary/aromatic N) is 1. The quantitative estimate of drug-likeness (QED) is 0.453. The minimum atomic E-state index is -0.594. The van der Waals surface area contributed by atoms with E-state index in [-0.39, 0.29) is 12.3 Å². The standard InChI is InChI=1S/C9H13NO4/c1-7(11)14-9(13)6-10-4-2-8(12)3-5-10/h2-6H2,1H3. The first-order chi connectivity index (χ1) is 6.58. The molecule has 0 spiro atoms. The van der Waals surface area contributed by atoms with Crippen molar-refractivity contribution in [1.29, 1.82) is 0 Å². The van der Waals surface area contributed by atoms with Gasteiger partial charge in [-0.15, -0.1) is 0 Å². The van der Waals surface area contributed by atoms with E-state index >= 15 is 0 Å². The van der Waals surface area contributed by atoms with E-state index in [1.54, 1.807) is 0 Å². The third-order valence-electron chi connectivity index (χ3n) is 2.02. The maximum atomic E-state index is 11.0. The number of ether oxygens (including phenoxy) is 1. The highest BCUT2D eigenvalue weighted by molar-refractivity contribution is 5.85. The summed E-state index contributed by atoms with van der Waals surface area (Å²) >= 11 is 0. The molecule has 1 heterocycles. The summed E-state index contributed by atoms with van der Waals surface area (Å²) in [5.41, 5.74) is 0. The monoisotopic (exact) mass is 199 g/mol. The highest BCUT2D eigenvalue weighted by Gasteiger charge is 2.19. The highest BCUT2D eigenvalue weighted by atomic mass is 16.6. The van der Waals surface area contributed by atoms with E-state index in [4.69, 9.17) is 0 Å². The SMILES string of the molecule is CC(=O)OC(=O)CN1CCC(=O)CC1. The highest BCUT2D eigenvalue weighted by Crippen LogP contribution is 2.05. The molecule has 0 bridgehead atoms. The van der Waals surface area contributed by atoms with Gasteiger partial charge in [0.15, 0.2) is 0 Å². The fourth-order valence-corrected chi connectivity index (χ4v) is 1.34.